The molecule has 0 atom stereocenters. The fourth-order valence-corrected chi connectivity index (χ4v) is 1.29. The molecule has 4 nitrogen and oxygen atoms in total. The molecule has 0 spiro atoms. The summed E-state index contributed by atoms with van der Waals surface area (Å²) < 4.78 is 53.4. The lowest BCUT2D eigenvalue weighted by Gasteiger charge is -2.11. The Kier molecular flexibility index (Phi) is 10.5. The third kappa shape index (κ3) is 10.3. The van der Waals surface area contributed by atoms with Gasteiger partial charge in [-0.2, -0.15) is 17.2 Å². The van der Waals surface area contributed by atoms with Crippen LogP contribution in [0.15, 0.2) is 12.7 Å². The predicted octanol–water partition coefficient (Wildman–Crippen LogP) is 2.57. The third-order valence-electron chi connectivity index (χ3n) is 1.87. The lowest BCUT2D eigenvalue weighted by Crippen LogP contribution is -2.27. The Morgan fingerprint density at radius 3 is 2.12 bits per heavy atom. The van der Waals surface area contributed by atoms with Crippen LogP contribution in [-0.4, -0.2) is 24.8 Å². The summed E-state index contributed by atoms with van der Waals surface area (Å²) in [5.41, 5.74) is 4.91. The van der Waals surface area contributed by atoms with Crippen LogP contribution in [0.5, 0.6) is 0 Å². The summed E-state index contributed by atoms with van der Waals surface area (Å²) in [4.78, 5) is 0. The molecule has 17 heavy (non-hydrogen) atoms. The molecule has 0 bridgehead atoms. The molecule has 104 valence electrons. The van der Waals surface area contributed by atoms with Gasteiger partial charge >= 0.3 is 15.4 Å². The van der Waals surface area contributed by atoms with Crippen LogP contribution in [-0.2, 0) is 10.1 Å². The summed E-state index contributed by atoms with van der Waals surface area (Å²) in [6.07, 6.45) is 3.20. The average Bonchev–Trinajstić information content (AvgIpc) is 2.23. The first-order valence-corrected chi connectivity index (χ1v) is 6.82. The minimum atomic E-state index is -5.22. The van der Waals surface area contributed by atoms with E-state index in [1.54, 1.807) is 6.08 Å². The smallest absolute Gasteiger partial charge is 0.327 e. The zero-order valence-corrected chi connectivity index (χ0v) is 10.8. The molecule has 0 aromatic rings. The first-order valence-electron chi connectivity index (χ1n) is 5.38. The van der Waals surface area contributed by atoms with E-state index in [1.165, 1.54) is 0 Å². The second-order valence-corrected chi connectivity index (χ2v) is 4.99. The zero-order chi connectivity index (χ0) is 13.9. The Morgan fingerprint density at radius 1 is 1.35 bits per heavy atom. The van der Waals surface area contributed by atoms with E-state index in [0.29, 0.717) is 13.0 Å². The van der Waals surface area contributed by atoms with Gasteiger partial charge in [0, 0.05) is 13.0 Å². The SMILES string of the molecule is C=CCN.CCCCCCC(F)(F)S(=O)(=O)O. The standard InChI is InChI=1S/C7H14F2O3S.C3H7N/c1-2-3-4-5-6-7(8,9)13(10,11)12;1-2-3-4/h2-6H2,1H3,(H,10,11,12);2H,1,3-4H2. The highest BCUT2D eigenvalue weighted by Gasteiger charge is 2.42. The summed E-state index contributed by atoms with van der Waals surface area (Å²) in [5, 5.41) is -3.99. The minimum absolute atomic E-state index is 0.112. The quantitative estimate of drug-likeness (QED) is 0.424. The molecule has 0 fully saturated rings. The van der Waals surface area contributed by atoms with Crippen LogP contribution in [0.3, 0.4) is 0 Å². The van der Waals surface area contributed by atoms with E-state index >= 15 is 0 Å². The van der Waals surface area contributed by atoms with Crippen molar-refractivity contribution in [2.75, 3.05) is 6.54 Å². The molecule has 0 saturated carbocycles. The van der Waals surface area contributed by atoms with E-state index in [-0.39, 0.29) is 6.42 Å². The molecule has 3 N–H and O–H groups in total. The Balaban J connectivity index is 0. The summed E-state index contributed by atoms with van der Waals surface area (Å²) in [7, 11) is -5.22. The van der Waals surface area contributed by atoms with Crippen LogP contribution in [0.4, 0.5) is 8.78 Å². The molecule has 0 aromatic heterocycles. The summed E-state index contributed by atoms with van der Waals surface area (Å²) in [5.74, 6) is 0. The number of nitrogens with two attached hydrogens (primary N) is 1. The van der Waals surface area contributed by atoms with E-state index in [1.807, 2.05) is 6.92 Å². The van der Waals surface area contributed by atoms with Gasteiger partial charge in [-0.15, -0.1) is 6.58 Å². The Hall–Kier alpha value is -0.530. The van der Waals surface area contributed by atoms with Gasteiger partial charge in [0.1, 0.15) is 0 Å². The molecule has 0 radical (unpaired) electrons. The van der Waals surface area contributed by atoms with Gasteiger partial charge in [0.15, 0.2) is 0 Å². The highest BCUT2D eigenvalue weighted by molar-refractivity contribution is 7.86. The molecule has 0 aliphatic heterocycles. The van der Waals surface area contributed by atoms with Crippen LogP contribution >= 0.6 is 0 Å². The number of rotatable bonds is 7. The van der Waals surface area contributed by atoms with E-state index < -0.39 is 21.8 Å². The maximum atomic E-state index is 12.5. The van der Waals surface area contributed by atoms with Gasteiger partial charge < -0.3 is 5.73 Å². The number of unbranched alkanes of at least 4 members (excludes halogenated alkanes) is 3. The van der Waals surface area contributed by atoms with Crippen molar-refractivity contribution < 1.29 is 21.8 Å². The maximum absolute atomic E-state index is 12.5. The van der Waals surface area contributed by atoms with Crippen molar-refractivity contribution in [3.8, 4) is 0 Å². The monoisotopic (exact) mass is 273 g/mol. The van der Waals surface area contributed by atoms with Gasteiger partial charge in [-0.1, -0.05) is 32.3 Å². The van der Waals surface area contributed by atoms with Crippen molar-refractivity contribution in [2.45, 2.75) is 44.3 Å². The van der Waals surface area contributed by atoms with Crippen LogP contribution in [0.1, 0.15) is 39.0 Å². The van der Waals surface area contributed by atoms with E-state index in [4.69, 9.17) is 10.3 Å². The van der Waals surface area contributed by atoms with Gasteiger partial charge in [-0.25, -0.2) is 0 Å². The first kappa shape index (κ1) is 18.8. The Labute approximate surface area is 102 Å². The Morgan fingerprint density at radius 2 is 1.82 bits per heavy atom. The normalized spacial score (nSPS) is 11.6. The lowest BCUT2D eigenvalue weighted by molar-refractivity contribution is 0.0683. The van der Waals surface area contributed by atoms with Crippen LogP contribution in [0, 0.1) is 0 Å². The molecular weight excluding hydrogens is 252 g/mol. The van der Waals surface area contributed by atoms with Crippen molar-refractivity contribution >= 4 is 10.1 Å². The van der Waals surface area contributed by atoms with E-state index in [0.717, 1.165) is 12.8 Å². The third-order valence-corrected chi connectivity index (χ3v) is 2.82. The summed E-state index contributed by atoms with van der Waals surface area (Å²) in [6.45, 7) is 5.86. The molecular formula is C10H21F2NO3S. The minimum Gasteiger partial charge on any atom is -0.327 e. The van der Waals surface area contributed by atoms with Crippen molar-refractivity contribution in [1.82, 2.24) is 0 Å². The summed E-state index contributed by atoms with van der Waals surface area (Å²) in [6, 6.07) is 0. The number of alkyl halides is 2. The molecule has 0 rings (SSSR count). The van der Waals surface area contributed by atoms with Crippen molar-refractivity contribution in [1.29, 1.82) is 0 Å². The average molecular weight is 273 g/mol. The topological polar surface area (TPSA) is 80.4 Å². The van der Waals surface area contributed by atoms with Gasteiger partial charge in [0.25, 0.3) is 0 Å². The molecule has 0 aromatic carbocycles. The maximum Gasteiger partial charge on any atom is 0.370 e. The van der Waals surface area contributed by atoms with Gasteiger partial charge in [-0.05, 0) is 6.42 Å². The molecule has 0 unspecified atom stereocenters. The van der Waals surface area contributed by atoms with Crippen LogP contribution in [0.2, 0.25) is 0 Å². The molecule has 0 amide bonds. The van der Waals surface area contributed by atoms with Gasteiger partial charge in [-0.3, -0.25) is 4.55 Å². The second kappa shape index (κ2) is 9.49. The van der Waals surface area contributed by atoms with Gasteiger partial charge in [0.05, 0.1) is 0 Å². The second-order valence-electron chi connectivity index (χ2n) is 3.45. The van der Waals surface area contributed by atoms with Crippen molar-refractivity contribution in [3.63, 3.8) is 0 Å². The zero-order valence-electron chi connectivity index (χ0n) is 10.0. The molecule has 0 aliphatic rings. The van der Waals surface area contributed by atoms with E-state index in [9.17, 15) is 17.2 Å². The predicted molar refractivity (Wildman–Crippen MR) is 64.5 cm³/mol. The van der Waals surface area contributed by atoms with Gasteiger partial charge in [0.2, 0.25) is 0 Å². The lowest BCUT2D eigenvalue weighted by atomic mass is 10.2. The highest BCUT2D eigenvalue weighted by atomic mass is 32.2. The largest absolute Gasteiger partial charge is 0.370 e. The fourth-order valence-electron chi connectivity index (χ4n) is 0.887. The highest BCUT2D eigenvalue weighted by Crippen LogP contribution is 2.27. The van der Waals surface area contributed by atoms with Crippen molar-refractivity contribution in [2.24, 2.45) is 5.73 Å². The van der Waals surface area contributed by atoms with Crippen molar-refractivity contribution in [3.05, 3.63) is 12.7 Å². The number of halogens is 2. The molecule has 0 heterocycles. The summed E-state index contributed by atoms with van der Waals surface area (Å²) >= 11 is 0. The Bertz CT molecular complexity index is 292. The van der Waals surface area contributed by atoms with Crippen LogP contribution < -0.4 is 5.73 Å². The molecule has 0 saturated heterocycles. The fraction of sp³-hybridized carbons (Fsp3) is 0.800. The first-order chi connectivity index (χ1) is 7.72. The molecule has 7 heteroatoms. The van der Waals surface area contributed by atoms with E-state index in [2.05, 4.69) is 6.58 Å². The molecule has 0 aliphatic carbocycles. The number of hydrogen-bond acceptors (Lipinski definition) is 3. The number of hydrogen-bond donors (Lipinski definition) is 2. The van der Waals surface area contributed by atoms with Crippen LogP contribution in [0.25, 0.3) is 0 Å².